The van der Waals surface area contributed by atoms with Gasteiger partial charge in [0, 0.05) is 36.3 Å². The monoisotopic (exact) mass is 454 g/mol. The smallest absolute Gasteiger partial charge is 0.216 e. The molecule has 3 aromatic rings. The molecule has 0 amide bonds. The number of hydrogen-bond donors (Lipinski definition) is 2. The first-order valence-electron chi connectivity index (χ1n) is 10.8. The Morgan fingerprint density at radius 1 is 1.06 bits per heavy atom. The number of halogens is 2. The molecule has 0 aliphatic carbocycles. The number of anilines is 1. The minimum Gasteiger partial charge on any atom is -0.507 e. The second-order valence-corrected chi connectivity index (χ2v) is 8.46. The normalized spacial score (nSPS) is 24.0. The Kier molecular flexibility index (Phi) is 5.53. The van der Waals surface area contributed by atoms with Crippen molar-refractivity contribution in [1.29, 1.82) is 0 Å². The number of piperidine rings is 1. The molecule has 172 valence electrons. The number of fused-ring (bicyclic) bond motifs is 2. The van der Waals surface area contributed by atoms with Gasteiger partial charge in [0.2, 0.25) is 5.88 Å². The lowest BCUT2D eigenvalue weighted by atomic mass is 9.96. The standard InChI is InChI=1S/C23H24F2N6O2/c1-31(19-5-12-3-4-16(30-12)23(19)25)21-10-26-18(9-27-21)14-6-15(24)13(7-20(14)32)17-8-22(33-2)29-11-28-17/h6-12,16,19,23,30,32H,3-5H2,1-2H3/t12?,16?,19-,23+/m0/s1. The van der Waals surface area contributed by atoms with Gasteiger partial charge in [-0.2, -0.15) is 0 Å². The maximum absolute atomic E-state index is 14.9. The predicted molar refractivity (Wildman–Crippen MR) is 118 cm³/mol. The van der Waals surface area contributed by atoms with Crippen LogP contribution in [0.2, 0.25) is 0 Å². The van der Waals surface area contributed by atoms with E-state index in [0.29, 0.717) is 24.0 Å². The molecule has 2 aliphatic rings. The highest BCUT2D eigenvalue weighted by molar-refractivity contribution is 5.73. The number of aromatic hydroxyl groups is 1. The van der Waals surface area contributed by atoms with E-state index < -0.39 is 12.0 Å². The second-order valence-electron chi connectivity index (χ2n) is 8.46. The van der Waals surface area contributed by atoms with Gasteiger partial charge in [-0.15, -0.1) is 0 Å². The van der Waals surface area contributed by atoms with Crippen LogP contribution in [0.5, 0.6) is 11.6 Å². The number of phenols is 1. The third kappa shape index (κ3) is 3.95. The van der Waals surface area contributed by atoms with Crippen molar-refractivity contribution in [3.05, 3.63) is 42.7 Å². The molecule has 2 N–H and O–H groups in total. The fourth-order valence-electron chi connectivity index (χ4n) is 4.72. The highest BCUT2D eigenvalue weighted by Gasteiger charge is 2.43. The average molecular weight is 454 g/mol. The molecule has 2 bridgehead atoms. The van der Waals surface area contributed by atoms with Gasteiger partial charge in [-0.1, -0.05) is 0 Å². The summed E-state index contributed by atoms with van der Waals surface area (Å²) in [5.41, 5.74) is 0.886. The van der Waals surface area contributed by atoms with Crippen molar-refractivity contribution in [3.63, 3.8) is 0 Å². The Balaban J connectivity index is 1.39. The zero-order valence-electron chi connectivity index (χ0n) is 18.2. The second kappa shape index (κ2) is 8.51. The molecule has 8 nitrogen and oxygen atoms in total. The van der Waals surface area contributed by atoms with E-state index in [1.54, 1.807) is 0 Å². The minimum atomic E-state index is -0.985. The van der Waals surface area contributed by atoms with Crippen molar-refractivity contribution in [1.82, 2.24) is 25.3 Å². The number of nitrogens with zero attached hydrogens (tertiary/aromatic N) is 5. The van der Waals surface area contributed by atoms with Crippen LogP contribution in [0, 0.1) is 5.82 Å². The molecule has 0 radical (unpaired) electrons. The number of aromatic nitrogens is 4. The van der Waals surface area contributed by atoms with Gasteiger partial charge in [-0.25, -0.2) is 23.7 Å². The van der Waals surface area contributed by atoms with Crippen LogP contribution >= 0.6 is 0 Å². The first kappa shape index (κ1) is 21.4. The van der Waals surface area contributed by atoms with Gasteiger partial charge in [0.05, 0.1) is 36.9 Å². The molecule has 4 atom stereocenters. The topological polar surface area (TPSA) is 96.3 Å². The zero-order valence-corrected chi connectivity index (χ0v) is 18.2. The highest BCUT2D eigenvalue weighted by atomic mass is 19.1. The summed E-state index contributed by atoms with van der Waals surface area (Å²) in [6, 6.07) is 3.89. The van der Waals surface area contributed by atoms with Crippen molar-refractivity contribution in [2.75, 3.05) is 19.1 Å². The summed E-state index contributed by atoms with van der Waals surface area (Å²) in [6.07, 6.45) is 5.80. The third-order valence-electron chi connectivity index (χ3n) is 6.54. The average Bonchev–Trinajstić information content (AvgIpc) is 3.25. The van der Waals surface area contributed by atoms with Crippen molar-refractivity contribution < 1.29 is 18.6 Å². The summed E-state index contributed by atoms with van der Waals surface area (Å²) in [6.45, 7) is 0. The number of methoxy groups -OCH3 is 1. The van der Waals surface area contributed by atoms with Gasteiger partial charge in [-0.05, 0) is 31.4 Å². The van der Waals surface area contributed by atoms with Crippen molar-refractivity contribution in [2.24, 2.45) is 0 Å². The Bertz CT molecular complexity index is 1160. The van der Waals surface area contributed by atoms with Gasteiger partial charge >= 0.3 is 0 Å². The molecule has 0 saturated carbocycles. The Morgan fingerprint density at radius 3 is 2.67 bits per heavy atom. The Hall–Kier alpha value is -3.40. The lowest BCUT2D eigenvalue weighted by Crippen LogP contribution is -2.55. The fourth-order valence-corrected chi connectivity index (χ4v) is 4.72. The van der Waals surface area contributed by atoms with Crippen molar-refractivity contribution in [2.45, 2.75) is 43.6 Å². The molecule has 2 aromatic heterocycles. The number of benzene rings is 1. The summed E-state index contributed by atoms with van der Waals surface area (Å²) in [5.74, 6) is 0.0540. The number of rotatable bonds is 5. The quantitative estimate of drug-likeness (QED) is 0.607. The van der Waals surface area contributed by atoms with Gasteiger partial charge in [-0.3, -0.25) is 4.98 Å². The third-order valence-corrected chi connectivity index (χ3v) is 6.54. The van der Waals surface area contributed by atoms with E-state index in [2.05, 4.69) is 25.3 Å². The number of hydrogen-bond acceptors (Lipinski definition) is 8. The maximum Gasteiger partial charge on any atom is 0.216 e. The van der Waals surface area contributed by atoms with Crippen LogP contribution in [0.4, 0.5) is 14.6 Å². The summed E-state index contributed by atoms with van der Waals surface area (Å²) in [5, 5.41) is 13.9. The van der Waals surface area contributed by atoms with E-state index >= 15 is 0 Å². The van der Waals surface area contributed by atoms with E-state index in [1.165, 1.54) is 44.0 Å². The first-order valence-corrected chi connectivity index (χ1v) is 10.8. The molecule has 2 aliphatic heterocycles. The predicted octanol–water partition coefficient (Wildman–Crippen LogP) is 3.12. The van der Waals surface area contributed by atoms with E-state index in [-0.39, 0.29) is 40.5 Å². The molecule has 10 heteroatoms. The zero-order chi connectivity index (χ0) is 23.1. The first-order chi connectivity index (χ1) is 15.9. The van der Waals surface area contributed by atoms with Crippen LogP contribution in [-0.2, 0) is 0 Å². The van der Waals surface area contributed by atoms with E-state index in [9.17, 15) is 13.9 Å². The summed E-state index contributed by atoms with van der Waals surface area (Å²) < 4.78 is 34.8. The number of ether oxygens (including phenoxy) is 1. The van der Waals surface area contributed by atoms with Crippen LogP contribution in [0.3, 0.4) is 0 Å². The molecule has 2 fully saturated rings. The number of phenolic OH excluding ortho intramolecular Hbond substituents is 1. The summed E-state index contributed by atoms with van der Waals surface area (Å²) in [7, 11) is 3.26. The molecule has 1 aromatic carbocycles. The van der Waals surface area contributed by atoms with Crippen LogP contribution in [0.15, 0.2) is 36.9 Å². The van der Waals surface area contributed by atoms with Crippen LogP contribution in [0.25, 0.3) is 22.5 Å². The molecular formula is C23H24F2N6O2. The van der Waals surface area contributed by atoms with E-state index in [4.69, 9.17) is 4.74 Å². The Morgan fingerprint density at radius 2 is 1.91 bits per heavy atom. The molecule has 2 saturated heterocycles. The molecule has 33 heavy (non-hydrogen) atoms. The van der Waals surface area contributed by atoms with Crippen LogP contribution in [-0.4, -0.2) is 63.5 Å². The minimum absolute atomic E-state index is 0.107. The van der Waals surface area contributed by atoms with Gasteiger partial charge in [0.25, 0.3) is 0 Å². The lowest BCUT2D eigenvalue weighted by Gasteiger charge is -2.38. The molecule has 4 heterocycles. The van der Waals surface area contributed by atoms with Crippen molar-refractivity contribution >= 4 is 5.82 Å². The summed E-state index contributed by atoms with van der Waals surface area (Å²) >= 11 is 0. The highest BCUT2D eigenvalue weighted by Crippen LogP contribution is 2.36. The van der Waals surface area contributed by atoms with Crippen LogP contribution < -0.4 is 15.0 Å². The SMILES string of the molecule is COc1cc(-c2cc(O)c(-c3cnc(N(C)[C@H]4CC5CCC(N5)[C@H]4F)cn3)cc2F)ncn1. The Labute approximate surface area is 189 Å². The molecule has 5 rings (SSSR count). The molecule has 2 unspecified atom stereocenters. The summed E-state index contributed by atoms with van der Waals surface area (Å²) in [4.78, 5) is 18.5. The van der Waals surface area contributed by atoms with Crippen molar-refractivity contribution in [3.8, 4) is 34.1 Å². The lowest BCUT2D eigenvalue weighted by molar-refractivity contribution is 0.176. The maximum atomic E-state index is 14.9. The number of alkyl halides is 1. The number of nitrogens with one attached hydrogen (secondary N) is 1. The molecular weight excluding hydrogens is 430 g/mol. The van der Waals surface area contributed by atoms with Gasteiger partial charge < -0.3 is 20.1 Å². The van der Waals surface area contributed by atoms with E-state index in [1.807, 2.05) is 11.9 Å². The van der Waals surface area contributed by atoms with Gasteiger partial charge in [0.15, 0.2) is 0 Å². The fraction of sp³-hybridized carbons (Fsp3) is 0.391. The molecule has 0 spiro atoms. The van der Waals surface area contributed by atoms with Crippen LogP contribution in [0.1, 0.15) is 19.3 Å². The van der Waals surface area contributed by atoms with E-state index in [0.717, 1.165) is 12.8 Å². The largest absolute Gasteiger partial charge is 0.507 e. The van der Waals surface area contributed by atoms with Gasteiger partial charge in [0.1, 0.15) is 29.9 Å².